The number of hydrogen-bond acceptors (Lipinski definition) is 4. The van der Waals surface area contributed by atoms with Gasteiger partial charge in [-0.05, 0) is 31.5 Å². The van der Waals surface area contributed by atoms with E-state index in [1.807, 2.05) is 31.2 Å². The predicted octanol–water partition coefficient (Wildman–Crippen LogP) is 3.15. The molecule has 2 aromatic rings. The number of carbonyl (C=O) groups is 1. The van der Waals surface area contributed by atoms with Crippen LogP contribution in [0.4, 0.5) is 15.6 Å². The predicted molar refractivity (Wildman–Crippen MR) is 76.6 cm³/mol. The summed E-state index contributed by atoms with van der Waals surface area (Å²) < 4.78 is 0. The van der Waals surface area contributed by atoms with Crippen molar-refractivity contribution in [3.63, 3.8) is 0 Å². The van der Waals surface area contributed by atoms with Crippen molar-refractivity contribution in [3.05, 3.63) is 40.9 Å². The molecule has 19 heavy (non-hydrogen) atoms. The topological polar surface area (TPSA) is 74.2 Å². The average Bonchev–Trinajstić information content (AvgIpc) is 2.77. The van der Waals surface area contributed by atoms with E-state index in [1.165, 1.54) is 11.3 Å². The molecule has 0 bridgehead atoms. The van der Waals surface area contributed by atoms with Crippen molar-refractivity contribution in [1.82, 2.24) is 4.98 Å². The van der Waals surface area contributed by atoms with E-state index in [2.05, 4.69) is 15.6 Å². The van der Waals surface area contributed by atoms with Gasteiger partial charge < -0.3 is 10.4 Å². The van der Waals surface area contributed by atoms with Crippen LogP contribution in [0.3, 0.4) is 0 Å². The molecule has 2 rings (SSSR count). The Morgan fingerprint density at radius 1 is 1.42 bits per heavy atom. The van der Waals surface area contributed by atoms with Crippen LogP contribution in [0.1, 0.15) is 24.3 Å². The molecule has 0 saturated heterocycles. The highest BCUT2D eigenvalue weighted by atomic mass is 32.1. The lowest BCUT2D eigenvalue weighted by atomic mass is 10.2. The zero-order chi connectivity index (χ0) is 13.8. The number of aryl methyl sites for hydroxylation is 1. The Labute approximate surface area is 115 Å². The number of rotatable bonds is 3. The van der Waals surface area contributed by atoms with E-state index in [1.54, 1.807) is 12.3 Å². The van der Waals surface area contributed by atoms with Gasteiger partial charge >= 0.3 is 6.03 Å². The quantitative estimate of drug-likeness (QED) is 0.806. The van der Waals surface area contributed by atoms with Gasteiger partial charge in [-0.1, -0.05) is 12.1 Å². The maximum absolute atomic E-state index is 11.8. The van der Waals surface area contributed by atoms with Crippen molar-refractivity contribution in [2.45, 2.75) is 20.0 Å². The smallest absolute Gasteiger partial charge is 0.325 e. The van der Waals surface area contributed by atoms with E-state index in [-0.39, 0.29) is 6.03 Å². The molecule has 0 aliphatic heterocycles. The molecule has 0 radical (unpaired) electrons. The molecule has 6 heteroatoms. The highest BCUT2D eigenvalue weighted by Gasteiger charge is 2.09. The third-order valence-electron chi connectivity index (χ3n) is 2.45. The summed E-state index contributed by atoms with van der Waals surface area (Å²) in [5, 5.41) is 16.9. The summed E-state index contributed by atoms with van der Waals surface area (Å²) in [6, 6.07) is 7.17. The van der Waals surface area contributed by atoms with Crippen LogP contribution >= 0.6 is 11.3 Å². The number of carbonyl (C=O) groups excluding carboxylic acids is 1. The van der Waals surface area contributed by atoms with Crippen molar-refractivity contribution < 1.29 is 9.90 Å². The molecule has 1 aromatic carbocycles. The molecule has 0 spiro atoms. The summed E-state index contributed by atoms with van der Waals surface area (Å²) in [6.45, 7) is 3.59. The highest BCUT2D eigenvalue weighted by molar-refractivity contribution is 7.13. The first-order valence-corrected chi connectivity index (χ1v) is 6.71. The number of anilines is 2. The molecule has 1 unspecified atom stereocenters. The summed E-state index contributed by atoms with van der Waals surface area (Å²) in [6.07, 6.45) is -0.633. The van der Waals surface area contributed by atoms with Gasteiger partial charge in [0.15, 0.2) is 5.13 Å². The number of nitrogens with one attached hydrogen (secondary N) is 2. The van der Waals surface area contributed by atoms with Crippen LogP contribution in [-0.2, 0) is 0 Å². The first-order chi connectivity index (χ1) is 9.04. The maximum atomic E-state index is 11.8. The van der Waals surface area contributed by atoms with Crippen LogP contribution in [0, 0.1) is 6.92 Å². The number of nitrogens with zero attached hydrogens (tertiary/aromatic N) is 1. The van der Waals surface area contributed by atoms with Gasteiger partial charge in [-0.3, -0.25) is 5.32 Å². The Balaban J connectivity index is 1.97. The van der Waals surface area contributed by atoms with E-state index in [4.69, 9.17) is 0 Å². The number of urea groups is 1. The number of benzene rings is 1. The van der Waals surface area contributed by atoms with E-state index in [0.717, 1.165) is 11.3 Å². The van der Waals surface area contributed by atoms with Crippen LogP contribution in [0.5, 0.6) is 0 Å². The standard InChI is InChI=1S/C13H15N3O2S/c1-8-4-3-5-10(6-8)14-12(18)16-13-15-11(7-19-13)9(2)17/h3-7,9,17H,1-2H3,(H2,14,15,16,18). The summed E-state index contributed by atoms with van der Waals surface area (Å²) >= 11 is 1.28. The van der Waals surface area contributed by atoms with Gasteiger partial charge in [0.05, 0.1) is 11.8 Å². The number of aliphatic hydroxyl groups is 1. The largest absolute Gasteiger partial charge is 0.387 e. The number of amides is 2. The van der Waals surface area contributed by atoms with Gasteiger partial charge in [0.2, 0.25) is 0 Å². The minimum absolute atomic E-state index is 0.350. The lowest BCUT2D eigenvalue weighted by Crippen LogP contribution is -2.19. The number of aromatic nitrogens is 1. The summed E-state index contributed by atoms with van der Waals surface area (Å²) in [7, 11) is 0. The Bertz CT molecular complexity index is 581. The van der Waals surface area contributed by atoms with E-state index in [0.29, 0.717) is 10.8 Å². The summed E-state index contributed by atoms with van der Waals surface area (Å²) in [5.41, 5.74) is 2.35. The molecular weight excluding hydrogens is 262 g/mol. The van der Waals surface area contributed by atoms with E-state index < -0.39 is 6.10 Å². The molecule has 2 amide bonds. The molecule has 0 fully saturated rings. The highest BCUT2D eigenvalue weighted by Crippen LogP contribution is 2.20. The molecule has 0 saturated carbocycles. The molecule has 100 valence electrons. The van der Waals surface area contributed by atoms with Gasteiger partial charge in [-0.15, -0.1) is 11.3 Å². The number of thiazole rings is 1. The monoisotopic (exact) mass is 277 g/mol. The van der Waals surface area contributed by atoms with Crippen molar-refractivity contribution in [3.8, 4) is 0 Å². The van der Waals surface area contributed by atoms with Crippen LogP contribution in [0.25, 0.3) is 0 Å². The fourth-order valence-electron chi connectivity index (χ4n) is 1.52. The van der Waals surface area contributed by atoms with Gasteiger partial charge in [-0.25, -0.2) is 9.78 Å². The van der Waals surface area contributed by atoms with Crippen LogP contribution in [-0.4, -0.2) is 16.1 Å². The van der Waals surface area contributed by atoms with Crippen molar-refractivity contribution >= 4 is 28.2 Å². The van der Waals surface area contributed by atoms with Crippen LogP contribution in [0.2, 0.25) is 0 Å². The Morgan fingerprint density at radius 2 is 2.21 bits per heavy atom. The Hall–Kier alpha value is -1.92. The Morgan fingerprint density at radius 3 is 2.84 bits per heavy atom. The third kappa shape index (κ3) is 3.77. The average molecular weight is 277 g/mol. The van der Waals surface area contributed by atoms with Gasteiger partial charge in [0, 0.05) is 11.1 Å². The summed E-state index contributed by atoms with van der Waals surface area (Å²) in [4.78, 5) is 15.9. The second-order valence-corrected chi connectivity index (χ2v) is 5.06. The van der Waals surface area contributed by atoms with Crippen molar-refractivity contribution in [1.29, 1.82) is 0 Å². The minimum Gasteiger partial charge on any atom is -0.387 e. The zero-order valence-electron chi connectivity index (χ0n) is 10.7. The minimum atomic E-state index is -0.633. The second-order valence-electron chi connectivity index (χ2n) is 4.20. The molecule has 3 N–H and O–H groups in total. The van der Waals surface area contributed by atoms with Gasteiger partial charge in [0.25, 0.3) is 0 Å². The van der Waals surface area contributed by atoms with E-state index >= 15 is 0 Å². The molecule has 0 aliphatic carbocycles. The first-order valence-electron chi connectivity index (χ1n) is 5.83. The third-order valence-corrected chi connectivity index (χ3v) is 3.22. The van der Waals surface area contributed by atoms with Gasteiger partial charge in [-0.2, -0.15) is 0 Å². The molecule has 1 heterocycles. The fraction of sp³-hybridized carbons (Fsp3) is 0.231. The number of aliphatic hydroxyl groups excluding tert-OH is 1. The summed E-state index contributed by atoms with van der Waals surface area (Å²) in [5.74, 6) is 0. The van der Waals surface area contributed by atoms with Crippen molar-refractivity contribution in [2.75, 3.05) is 10.6 Å². The second kappa shape index (κ2) is 5.81. The molecular formula is C13H15N3O2S. The van der Waals surface area contributed by atoms with Crippen molar-refractivity contribution in [2.24, 2.45) is 0 Å². The maximum Gasteiger partial charge on any atom is 0.325 e. The lowest BCUT2D eigenvalue weighted by Gasteiger charge is -2.06. The molecule has 5 nitrogen and oxygen atoms in total. The zero-order valence-corrected chi connectivity index (χ0v) is 11.5. The lowest BCUT2D eigenvalue weighted by molar-refractivity contribution is 0.195. The van der Waals surface area contributed by atoms with E-state index in [9.17, 15) is 9.90 Å². The fourth-order valence-corrected chi connectivity index (χ4v) is 2.31. The van der Waals surface area contributed by atoms with Crippen LogP contribution in [0.15, 0.2) is 29.6 Å². The Kier molecular flexibility index (Phi) is 4.13. The SMILES string of the molecule is Cc1cccc(NC(=O)Nc2nc(C(C)O)cs2)c1. The molecule has 0 aliphatic rings. The number of hydrogen-bond donors (Lipinski definition) is 3. The van der Waals surface area contributed by atoms with Gasteiger partial charge in [0.1, 0.15) is 0 Å². The first kappa shape index (κ1) is 13.5. The van der Waals surface area contributed by atoms with Crippen LogP contribution < -0.4 is 10.6 Å². The molecule has 1 aromatic heterocycles. The normalized spacial score (nSPS) is 11.9. The molecule has 1 atom stereocenters.